The van der Waals surface area contributed by atoms with Crippen molar-refractivity contribution in [1.29, 1.82) is 0 Å². The molecule has 0 bridgehead atoms. The standard InChI is InChI=1S/C8H18N2O2/c1-3-9-5-4-8(12)10-6-7(2)11/h7,9,11H,3-6H2,1-2H3,(H,10,12)/t7-/m1/s1. The lowest BCUT2D eigenvalue weighted by Gasteiger charge is -2.06. The first-order chi connectivity index (χ1) is 5.66. The van der Waals surface area contributed by atoms with Crippen molar-refractivity contribution in [3.8, 4) is 0 Å². The van der Waals surface area contributed by atoms with Gasteiger partial charge in [-0.25, -0.2) is 0 Å². The molecule has 0 aromatic heterocycles. The van der Waals surface area contributed by atoms with Crippen LogP contribution in [0.25, 0.3) is 0 Å². The van der Waals surface area contributed by atoms with Gasteiger partial charge in [0.2, 0.25) is 5.91 Å². The zero-order chi connectivity index (χ0) is 9.40. The Labute approximate surface area is 73.3 Å². The maximum atomic E-state index is 11.0. The first kappa shape index (κ1) is 11.4. The van der Waals surface area contributed by atoms with Gasteiger partial charge in [0.25, 0.3) is 0 Å². The van der Waals surface area contributed by atoms with Crippen molar-refractivity contribution < 1.29 is 9.90 Å². The summed E-state index contributed by atoms with van der Waals surface area (Å²) in [5.74, 6) is -0.0168. The molecule has 3 N–H and O–H groups in total. The lowest BCUT2D eigenvalue weighted by Crippen LogP contribution is -2.32. The van der Waals surface area contributed by atoms with Gasteiger partial charge in [0.15, 0.2) is 0 Å². The van der Waals surface area contributed by atoms with E-state index in [0.717, 1.165) is 6.54 Å². The van der Waals surface area contributed by atoms with Crippen molar-refractivity contribution >= 4 is 5.91 Å². The molecule has 4 nitrogen and oxygen atoms in total. The van der Waals surface area contributed by atoms with E-state index in [9.17, 15) is 4.79 Å². The predicted octanol–water partition coefficient (Wildman–Crippen LogP) is -0.517. The van der Waals surface area contributed by atoms with E-state index in [2.05, 4.69) is 10.6 Å². The molecule has 0 aliphatic heterocycles. The van der Waals surface area contributed by atoms with Crippen LogP contribution in [0.4, 0.5) is 0 Å². The third kappa shape index (κ3) is 7.50. The largest absolute Gasteiger partial charge is 0.392 e. The molecule has 72 valence electrons. The molecule has 0 saturated heterocycles. The van der Waals surface area contributed by atoms with Crippen LogP contribution in [0.2, 0.25) is 0 Å². The van der Waals surface area contributed by atoms with Gasteiger partial charge in [-0.3, -0.25) is 4.79 Å². The third-order valence-corrected chi connectivity index (χ3v) is 1.37. The fourth-order valence-corrected chi connectivity index (χ4v) is 0.729. The summed E-state index contributed by atoms with van der Waals surface area (Å²) < 4.78 is 0. The average Bonchev–Trinajstić information content (AvgIpc) is 2.01. The summed E-state index contributed by atoms with van der Waals surface area (Å²) in [4.78, 5) is 11.0. The second kappa shape index (κ2) is 7.06. The van der Waals surface area contributed by atoms with Crippen LogP contribution in [-0.4, -0.2) is 36.8 Å². The molecule has 0 aliphatic rings. The molecule has 0 aliphatic carbocycles. The molecule has 0 heterocycles. The number of carbonyl (C=O) groups excluding carboxylic acids is 1. The summed E-state index contributed by atoms with van der Waals surface area (Å²) in [6.07, 6.45) is 0.00804. The smallest absolute Gasteiger partial charge is 0.221 e. The number of aliphatic hydroxyl groups excluding tert-OH is 1. The highest BCUT2D eigenvalue weighted by Crippen LogP contribution is 1.79. The molecule has 0 aromatic rings. The maximum absolute atomic E-state index is 11.0. The summed E-state index contributed by atoms with van der Waals surface area (Å²) >= 11 is 0. The van der Waals surface area contributed by atoms with Gasteiger partial charge in [-0.1, -0.05) is 6.92 Å². The zero-order valence-corrected chi connectivity index (χ0v) is 7.76. The SMILES string of the molecule is CCNCCC(=O)NC[C@@H](C)O. The van der Waals surface area contributed by atoms with Gasteiger partial charge in [0, 0.05) is 19.5 Å². The Morgan fingerprint density at radius 2 is 2.25 bits per heavy atom. The number of nitrogens with one attached hydrogen (secondary N) is 2. The molecular weight excluding hydrogens is 156 g/mol. The summed E-state index contributed by atoms with van der Waals surface area (Å²) in [6.45, 7) is 5.55. The predicted molar refractivity (Wildman–Crippen MR) is 47.9 cm³/mol. The molecule has 0 saturated carbocycles. The number of carbonyl (C=O) groups is 1. The Hall–Kier alpha value is -0.610. The van der Waals surface area contributed by atoms with Crippen molar-refractivity contribution in [3.63, 3.8) is 0 Å². The molecule has 4 heteroatoms. The minimum absolute atomic E-state index is 0.0168. The topological polar surface area (TPSA) is 61.4 Å². The maximum Gasteiger partial charge on any atom is 0.221 e. The van der Waals surface area contributed by atoms with Crippen LogP contribution in [-0.2, 0) is 4.79 Å². The second-order valence-corrected chi connectivity index (χ2v) is 2.76. The second-order valence-electron chi connectivity index (χ2n) is 2.76. The molecular formula is C8H18N2O2. The Morgan fingerprint density at radius 1 is 1.58 bits per heavy atom. The average molecular weight is 174 g/mol. The molecule has 1 atom stereocenters. The first-order valence-corrected chi connectivity index (χ1v) is 4.32. The van der Waals surface area contributed by atoms with Crippen LogP contribution in [0.15, 0.2) is 0 Å². The summed E-state index contributed by atoms with van der Waals surface area (Å²) in [5, 5.41) is 14.5. The fourth-order valence-electron chi connectivity index (χ4n) is 0.729. The van der Waals surface area contributed by atoms with Gasteiger partial charge in [0.1, 0.15) is 0 Å². The molecule has 1 amide bonds. The van der Waals surface area contributed by atoms with Crippen LogP contribution in [0.3, 0.4) is 0 Å². The minimum Gasteiger partial charge on any atom is -0.392 e. The number of aliphatic hydroxyl groups is 1. The van der Waals surface area contributed by atoms with E-state index < -0.39 is 6.10 Å². The van der Waals surface area contributed by atoms with Crippen LogP contribution < -0.4 is 10.6 Å². The van der Waals surface area contributed by atoms with Crippen LogP contribution in [0.5, 0.6) is 0 Å². The molecule has 0 aromatic carbocycles. The van der Waals surface area contributed by atoms with Gasteiger partial charge in [0.05, 0.1) is 6.10 Å². The van der Waals surface area contributed by atoms with E-state index in [0.29, 0.717) is 19.5 Å². The van der Waals surface area contributed by atoms with Gasteiger partial charge in [-0.05, 0) is 13.5 Å². The van der Waals surface area contributed by atoms with Crippen molar-refractivity contribution in [3.05, 3.63) is 0 Å². The zero-order valence-electron chi connectivity index (χ0n) is 7.76. The Bertz CT molecular complexity index is 126. The van der Waals surface area contributed by atoms with Gasteiger partial charge in [-0.15, -0.1) is 0 Å². The van der Waals surface area contributed by atoms with Crippen molar-refractivity contribution in [1.82, 2.24) is 10.6 Å². The van der Waals surface area contributed by atoms with E-state index in [1.807, 2.05) is 6.92 Å². The molecule has 0 spiro atoms. The number of hydrogen-bond donors (Lipinski definition) is 3. The van der Waals surface area contributed by atoms with Gasteiger partial charge < -0.3 is 15.7 Å². The van der Waals surface area contributed by atoms with Crippen molar-refractivity contribution in [2.24, 2.45) is 0 Å². The van der Waals surface area contributed by atoms with Crippen LogP contribution in [0.1, 0.15) is 20.3 Å². The first-order valence-electron chi connectivity index (χ1n) is 4.32. The minimum atomic E-state index is -0.465. The van der Waals surface area contributed by atoms with Crippen LogP contribution >= 0.6 is 0 Å². The van der Waals surface area contributed by atoms with E-state index in [1.54, 1.807) is 6.92 Å². The Morgan fingerprint density at radius 3 is 2.75 bits per heavy atom. The molecule has 12 heavy (non-hydrogen) atoms. The van der Waals surface area contributed by atoms with E-state index in [4.69, 9.17) is 5.11 Å². The van der Waals surface area contributed by atoms with E-state index >= 15 is 0 Å². The summed E-state index contributed by atoms with van der Waals surface area (Å²) in [6, 6.07) is 0. The van der Waals surface area contributed by atoms with Gasteiger partial charge >= 0.3 is 0 Å². The molecule has 0 rings (SSSR count). The molecule has 0 radical (unpaired) electrons. The number of hydrogen-bond acceptors (Lipinski definition) is 3. The highest BCUT2D eigenvalue weighted by molar-refractivity contribution is 5.76. The van der Waals surface area contributed by atoms with E-state index in [1.165, 1.54) is 0 Å². The number of amides is 1. The fraction of sp³-hybridized carbons (Fsp3) is 0.875. The van der Waals surface area contributed by atoms with Crippen LogP contribution in [0, 0.1) is 0 Å². The molecule has 0 unspecified atom stereocenters. The quantitative estimate of drug-likeness (QED) is 0.475. The monoisotopic (exact) mass is 174 g/mol. The normalized spacial score (nSPS) is 12.6. The lowest BCUT2D eigenvalue weighted by atomic mass is 10.3. The number of rotatable bonds is 6. The summed E-state index contributed by atoms with van der Waals surface area (Å²) in [5.41, 5.74) is 0. The third-order valence-electron chi connectivity index (χ3n) is 1.37. The van der Waals surface area contributed by atoms with Crippen molar-refractivity contribution in [2.45, 2.75) is 26.4 Å². The highest BCUT2D eigenvalue weighted by Gasteiger charge is 2.01. The molecule has 0 fully saturated rings. The Kier molecular flexibility index (Phi) is 6.70. The van der Waals surface area contributed by atoms with Gasteiger partial charge in [-0.2, -0.15) is 0 Å². The van der Waals surface area contributed by atoms with Crippen molar-refractivity contribution in [2.75, 3.05) is 19.6 Å². The summed E-state index contributed by atoms with van der Waals surface area (Å²) in [7, 11) is 0. The highest BCUT2D eigenvalue weighted by atomic mass is 16.3. The lowest BCUT2D eigenvalue weighted by molar-refractivity contribution is -0.121. The Balaban J connectivity index is 3.22. The van der Waals surface area contributed by atoms with E-state index in [-0.39, 0.29) is 5.91 Å².